The number of carbonyl (C=O) groups is 1. The van der Waals surface area contributed by atoms with Gasteiger partial charge < -0.3 is 18.8 Å². The van der Waals surface area contributed by atoms with Crippen LogP contribution in [0.15, 0.2) is 41.0 Å². The lowest BCUT2D eigenvalue weighted by molar-refractivity contribution is -0.128. The highest BCUT2D eigenvalue weighted by molar-refractivity contribution is 5.92. The van der Waals surface area contributed by atoms with Crippen LogP contribution in [0.4, 0.5) is 0 Å². The Balaban J connectivity index is 1.83. The number of rotatable bonds is 4. The van der Waals surface area contributed by atoms with Gasteiger partial charge in [0.15, 0.2) is 11.5 Å². The zero-order chi connectivity index (χ0) is 17.1. The summed E-state index contributed by atoms with van der Waals surface area (Å²) in [6.07, 6.45) is 5.63. The Morgan fingerprint density at radius 2 is 2.04 bits per heavy atom. The summed E-state index contributed by atoms with van der Waals surface area (Å²) in [6.45, 7) is 2.70. The molecule has 1 amide bonds. The molecule has 1 unspecified atom stereocenters. The van der Waals surface area contributed by atoms with Gasteiger partial charge in [0.05, 0.1) is 26.5 Å². The molecule has 5 nitrogen and oxygen atoms in total. The van der Waals surface area contributed by atoms with Crippen LogP contribution in [0.1, 0.15) is 29.9 Å². The first-order chi connectivity index (χ1) is 11.6. The number of methoxy groups -OCH3 is 2. The van der Waals surface area contributed by atoms with Crippen molar-refractivity contribution in [3.8, 4) is 11.5 Å². The molecule has 1 atom stereocenters. The highest BCUT2D eigenvalue weighted by Crippen LogP contribution is 2.37. The maximum absolute atomic E-state index is 12.5. The van der Waals surface area contributed by atoms with Crippen molar-refractivity contribution in [1.29, 1.82) is 0 Å². The second-order valence-electron chi connectivity index (χ2n) is 5.71. The van der Waals surface area contributed by atoms with E-state index in [4.69, 9.17) is 13.9 Å². The van der Waals surface area contributed by atoms with Crippen molar-refractivity contribution in [1.82, 2.24) is 4.90 Å². The fraction of sp³-hybridized carbons (Fsp3) is 0.316. The van der Waals surface area contributed by atoms with Crippen molar-refractivity contribution >= 4 is 12.0 Å². The summed E-state index contributed by atoms with van der Waals surface area (Å²) in [5, 5.41) is 0. The van der Waals surface area contributed by atoms with Crippen LogP contribution in [-0.2, 0) is 11.2 Å². The molecule has 0 N–H and O–H groups in total. The minimum absolute atomic E-state index is 0.0256. The SMILES string of the molecule is COc1cc2c(cc1OC)C(C)N(C(=O)/C=C/c1ccco1)CC2. The Bertz CT molecular complexity index is 749. The van der Waals surface area contributed by atoms with Crippen molar-refractivity contribution < 1.29 is 18.7 Å². The maximum atomic E-state index is 12.5. The molecule has 1 aliphatic heterocycles. The summed E-state index contributed by atoms with van der Waals surface area (Å²) < 4.78 is 16.0. The van der Waals surface area contributed by atoms with Crippen LogP contribution in [0, 0.1) is 0 Å². The standard InChI is InChI=1S/C19H21NO4/c1-13-16-12-18(23-3)17(22-2)11-14(16)8-9-20(13)19(21)7-6-15-5-4-10-24-15/h4-7,10-13H,8-9H2,1-3H3/b7-6+. The third-order valence-electron chi connectivity index (χ3n) is 4.40. The van der Waals surface area contributed by atoms with E-state index in [1.54, 1.807) is 38.7 Å². The summed E-state index contributed by atoms with van der Waals surface area (Å²) in [5.41, 5.74) is 2.29. The van der Waals surface area contributed by atoms with E-state index in [-0.39, 0.29) is 11.9 Å². The largest absolute Gasteiger partial charge is 0.493 e. The molecule has 0 aliphatic carbocycles. The van der Waals surface area contributed by atoms with Crippen molar-refractivity contribution in [3.63, 3.8) is 0 Å². The summed E-state index contributed by atoms with van der Waals surface area (Å²) in [5.74, 6) is 2.05. The minimum Gasteiger partial charge on any atom is -0.493 e. The van der Waals surface area contributed by atoms with Crippen molar-refractivity contribution in [3.05, 3.63) is 53.5 Å². The van der Waals surface area contributed by atoms with Gasteiger partial charge in [-0.25, -0.2) is 0 Å². The number of hydrogen-bond acceptors (Lipinski definition) is 4. The van der Waals surface area contributed by atoms with Gasteiger partial charge >= 0.3 is 0 Å². The Kier molecular flexibility index (Phi) is 4.60. The number of furan rings is 1. The number of benzene rings is 1. The Labute approximate surface area is 141 Å². The third-order valence-corrected chi connectivity index (χ3v) is 4.40. The van der Waals surface area contributed by atoms with Gasteiger partial charge in [0.1, 0.15) is 5.76 Å². The van der Waals surface area contributed by atoms with Crippen LogP contribution in [0.3, 0.4) is 0 Å². The van der Waals surface area contributed by atoms with Crippen LogP contribution in [0.25, 0.3) is 6.08 Å². The van der Waals surface area contributed by atoms with Gasteiger partial charge in [0.2, 0.25) is 5.91 Å². The first kappa shape index (κ1) is 16.2. The molecule has 1 aromatic carbocycles. The molecule has 126 valence electrons. The molecule has 3 rings (SSSR count). The number of carbonyl (C=O) groups excluding carboxylic acids is 1. The van der Waals surface area contributed by atoms with Gasteiger partial charge in [-0.1, -0.05) is 0 Å². The van der Waals surface area contributed by atoms with Gasteiger partial charge in [-0.3, -0.25) is 4.79 Å². The van der Waals surface area contributed by atoms with E-state index in [0.717, 1.165) is 17.7 Å². The van der Waals surface area contributed by atoms with Crippen LogP contribution in [-0.4, -0.2) is 31.6 Å². The van der Waals surface area contributed by atoms with Crippen LogP contribution >= 0.6 is 0 Å². The average Bonchev–Trinajstić information content (AvgIpc) is 3.12. The number of ether oxygens (including phenoxy) is 2. The van der Waals surface area contributed by atoms with E-state index in [0.29, 0.717) is 18.1 Å². The van der Waals surface area contributed by atoms with E-state index in [2.05, 4.69) is 0 Å². The molecule has 0 radical (unpaired) electrons. The van der Waals surface area contributed by atoms with Gasteiger partial charge in [0, 0.05) is 12.6 Å². The van der Waals surface area contributed by atoms with Gasteiger partial charge in [-0.05, 0) is 54.8 Å². The molecule has 0 saturated carbocycles. The first-order valence-corrected chi connectivity index (χ1v) is 7.91. The highest BCUT2D eigenvalue weighted by Gasteiger charge is 2.28. The molecule has 24 heavy (non-hydrogen) atoms. The molecule has 0 saturated heterocycles. The van der Waals surface area contributed by atoms with Crippen LogP contribution < -0.4 is 9.47 Å². The first-order valence-electron chi connectivity index (χ1n) is 7.91. The van der Waals surface area contributed by atoms with Crippen LogP contribution in [0.2, 0.25) is 0 Å². The Morgan fingerprint density at radius 1 is 1.29 bits per heavy atom. The molecule has 0 spiro atoms. The third kappa shape index (κ3) is 3.02. The predicted molar refractivity (Wildman–Crippen MR) is 91.1 cm³/mol. The highest BCUT2D eigenvalue weighted by atomic mass is 16.5. The van der Waals surface area contributed by atoms with Crippen molar-refractivity contribution in [2.75, 3.05) is 20.8 Å². The molecule has 0 fully saturated rings. The zero-order valence-corrected chi connectivity index (χ0v) is 14.1. The van der Waals surface area contributed by atoms with Gasteiger partial charge in [0.25, 0.3) is 0 Å². The zero-order valence-electron chi connectivity index (χ0n) is 14.1. The molecular formula is C19H21NO4. The van der Waals surface area contributed by atoms with E-state index in [1.807, 2.05) is 30.0 Å². The van der Waals surface area contributed by atoms with E-state index >= 15 is 0 Å². The monoisotopic (exact) mass is 327 g/mol. The lowest BCUT2D eigenvalue weighted by Gasteiger charge is -2.35. The normalized spacial score (nSPS) is 17.0. The molecule has 1 aliphatic rings. The number of hydrogen-bond donors (Lipinski definition) is 0. The molecule has 2 heterocycles. The van der Waals surface area contributed by atoms with E-state index < -0.39 is 0 Å². The maximum Gasteiger partial charge on any atom is 0.247 e. The number of fused-ring (bicyclic) bond motifs is 1. The summed E-state index contributed by atoms with van der Waals surface area (Å²) in [7, 11) is 3.25. The fourth-order valence-electron chi connectivity index (χ4n) is 3.08. The molecule has 0 bridgehead atoms. The summed E-state index contributed by atoms with van der Waals surface area (Å²) in [6, 6.07) is 7.56. The van der Waals surface area contributed by atoms with Crippen molar-refractivity contribution in [2.24, 2.45) is 0 Å². The average molecular weight is 327 g/mol. The summed E-state index contributed by atoms with van der Waals surface area (Å²) >= 11 is 0. The molecular weight excluding hydrogens is 306 g/mol. The Hall–Kier alpha value is -2.69. The molecule has 1 aromatic heterocycles. The predicted octanol–water partition coefficient (Wildman–Crippen LogP) is 3.46. The number of nitrogens with zero attached hydrogens (tertiary/aromatic N) is 1. The summed E-state index contributed by atoms with van der Waals surface area (Å²) in [4.78, 5) is 14.4. The molecule has 5 heteroatoms. The topological polar surface area (TPSA) is 51.9 Å². The van der Waals surface area contributed by atoms with Gasteiger partial charge in [-0.15, -0.1) is 0 Å². The lowest BCUT2D eigenvalue weighted by atomic mass is 9.92. The minimum atomic E-state index is -0.0284. The van der Waals surface area contributed by atoms with E-state index in [1.165, 1.54) is 5.56 Å². The quantitative estimate of drug-likeness (QED) is 0.807. The smallest absolute Gasteiger partial charge is 0.247 e. The second kappa shape index (κ2) is 6.83. The number of amides is 1. The van der Waals surface area contributed by atoms with Crippen molar-refractivity contribution in [2.45, 2.75) is 19.4 Å². The Morgan fingerprint density at radius 3 is 2.71 bits per heavy atom. The van der Waals surface area contributed by atoms with E-state index in [9.17, 15) is 4.79 Å². The van der Waals surface area contributed by atoms with Gasteiger partial charge in [-0.2, -0.15) is 0 Å². The second-order valence-corrected chi connectivity index (χ2v) is 5.71. The lowest BCUT2D eigenvalue weighted by Crippen LogP contribution is -2.37. The van der Waals surface area contributed by atoms with Crippen LogP contribution in [0.5, 0.6) is 11.5 Å². The fourth-order valence-corrected chi connectivity index (χ4v) is 3.08. The molecule has 2 aromatic rings.